The topological polar surface area (TPSA) is 117 Å². The second kappa shape index (κ2) is 10.7. The molecule has 0 unspecified atom stereocenters. The molecule has 3 rings (SSSR count). The lowest BCUT2D eigenvalue weighted by molar-refractivity contribution is -0.385. The van der Waals surface area contributed by atoms with Gasteiger partial charge in [0.05, 0.1) is 44.5 Å². The molecule has 0 saturated heterocycles. The molecule has 1 aliphatic rings. The summed E-state index contributed by atoms with van der Waals surface area (Å²) in [6, 6.07) is 9.78. The van der Waals surface area contributed by atoms with Crippen molar-refractivity contribution in [1.82, 2.24) is 4.90 Å². The number of hydrogen-bond donors (Lipinski definition) is 0. The Balaban J connectivity index is 1.95. The molecule has 1 aliphatic heterocycles. The smallest absolute Gasteiger partial charge is 0.340 e. The van der Waals surface area contributed by atoms with Gasteiger partial charge in [0.25, 0.3) is 5.91 Å². The number of carbonyl (C=O) groups excluding carboxylic acids is 2. The molecule has 10 nitrogen and oxygen atoms in total. The van der Waals surface area contributed by atoms with Crippen molar-refractivity contribution in [3.8, 4) is 17.2 Å². The summed E-state index contributed by atoms with van der Waals surface area (Å²) in [5.74, 6) is 0.185. The van der Waals surface area contributed by atoms with Gasteiger partial charge in [0.15, 0.2) is 17.2 Å². The zero-order chi connectivity index (χ0) is 25.7. The van der Waals surface area contributed by atoms with Crippen molar-refractivity contribution in [2.45, 2.75) is 13.3 Å². The van der Waals surface area contributed by atoms with Gasteiger partial charge in [-0.05, 0) is 48.7 Å². The molecule has 1 heterocycles. The number of hydrogen-bond acceptors (Lipinski definition) is 8. The SMILES string of the molecule is COC(=O)C1=C(C)N(CCc2ccc(OC)c(OC)c2)C(=O)/C1=C\c1ccc(OC)c([N+](=O)[O-])c1. The highest BCUT2D eigenvalue weighted by Gasteiger charge is 2.37. The minimum Gasteiger partial charge on any atom is -0.493 e. The molecule has 35 heavy (non-hydrogen) atoms. The first-order valence-corrected chi connectivity index (χ1v) is 10.6. The van der Waals surface area contributed by atoms with E-state index >= 15 is 0 Å². The van der Waals surface area contributed by atoms with E-state index in [-0.39, 0.29) is 22.6 Å². The predicted molar refractivity (Wildman–Crippen MR) is 127 cm³/mol. The standard InChI is InChI=1S/C25H26N2O8/c1-15-23(25(29)35-5)18(12-17-7-8-20(32-2)19(13-17)27(30)31)24(28)26(15)11-10-16-6-9-21(33-3)22(14-16)34-4/h6-9,12-14H,10-11H2,1-5H3/b18-12-. The third-order valence-electron chi connectivity index (χ3n) is 5.68. The maximum Gasteiger partial charge on any atom is 0.340 e. The highest BCUT2D eigenvalue weighted by atomic mass is 16.6. The molecule has 0 radical (unpaired) electrons. The van der Waals surface area contributed by atoms with Gasteiger partial charge >= 0.3 is 11.7 Å². The normalized spacial score (nSPS) is 14.4. The monoisotopic (exact) mass is 482 g/mol. The van der Waals surface area contributed by atoms with E-state index < -0.39 is 16.8 Å². The van der Waals surface area contributed by atoms with Crippen LogP contribution in [-0.4, -0.2) is 56.7 Å². The number of nitro groups is 1. The van der Waals surface area contributed by atoms with Crippen molar-refractivity contribution in [1.29, 1.82) is 0 Å². The fraction of sp³-hybridized carbons (Fsp3) is 0.280. The van der Waals surface area contributed by atoms with E-state index in [4.69, 9.17) is 18.9 Å². The molecule has 0 atom stereocenters. The molecule has 0 bridgehead atoms. The first kappa shape index (κ1) is 25.3. The molecule has 0 fully saturated rings. The maximum atomic E-state index is 13.3. The number of ether oxygens (including phenoxy) is 4. The molecule has 0 aliphatic carbocycles. The van der Waals surface area contributed by atoms with Gasteiger partial charge in [-0.1, -0.05) is 12.1 Å². The van der Waals surface area contributed by atoms with Crippen LogP contribution in [0.1, 0.15) is 18.1 Å². The van der Waals surface area contributed by atoms with Crippen molar-refractivity contribution in [3.63, 3.8) is 0 Å². The Morgan fingerprint density at radius 2 is 1.66 bits per heavy atom. The van der Waals surface area contributed by atoms with Gasteiger partial charge in [0, 0.05) is 18.3 Å². The minimum absolute atomic E-state index is 0.0892. The van der Waals surface area contributed by atoms with Crippen LogP contribution < -0.4 is 14.2 Å². The molecule has 0 saturated carbocycles. The Morgan fingerprint density at radius 1 is 1.00 bits per heavy atom. The van der Waals surface area contributed by atoms with Crippen LogP contribution in [0.25, 0.3) is 6.08 Å². The average Bonchev–Trinajstić information content (AvgIpc) is 3.10. The van der Waals surface area contributed by atoms with Crippen molar-refractivity contribution in [3.05, 3.63) is 74.5 Å². The quantitative estimate of drug-likeness (QED) is 0.231. The van der Waals surface area contributed by atoms with Gasteiger partial charge in [-0.15, -0.1) is 0 Å². The van der Waals surface area contributed by atoms with Crippen LogP contribution in [0, 0.1) is 10.1 Å². The van der Waals surface area contributed by atoms with E-state index in [1.807, 2.05) is 12.1 Å². The number of carbonyl (C=O) groups is 2. The van der Waals surface area contributed by atoms with E-state index in [1.165, 1.54) is 37.3 Å². The third kappa shape index (κ3) is 5.11. The van der Waals surface area contributed by atoms with Gasteiger partial charge in [0.1, 0.15) is 0 Å². The Morgan fingerprint density at radius 3 is 2.26 bits per heavy atom. The lowest BCUT2D eigenvalue weighted by atomic mass is 10.0. The fourth-order valence-corrected chi connectivity index (χ4v) is 3.88. The van der Waals surface area contributed by atoms with Crippen LogP contribution in [0.4, 0.5) is 5.69 Å². The number of rotatable bonds is 9. The second-order valence-electron chi connectivity index (χ2n) is 7.59. The molecule has 0 aromatic heterocycles. The second-order valence-corrected chi connectivity index (χ2v) is 7.59. The number of allylic oxidation sites excluding steroid dienone is 1. The zero-order valence-electron chi connectivity index (χ0n) is 20.1. The van der Waals surface area contributed by atoms with Crippen LogP contribution in [0.3, 0.4) is 0 Å². The van der Waals surface area contributed by atoms with E-state index in [9.17, 15) is 19.7 Å². The first-order chi connectivity index (χ1) is 16.7. The summed E-state index contributed by atoms with van der Waals surface area (Å²) in [6.45, 7) is 1.96. The van der Waals surface area contributed by atoms with Crippen molar-refractivity contribution >= 4 is 23.6 Å². The molecule has 1 amide bonds. The summed E-state index contributed by atoms with van der Waals surface area (Å²) in [6.07, 6.45) is 1.93. The van der Waals surface area contributed by atoms with Gasteiger partial charge in [-0.3, -0.25) is 14.9 Å². The lowest BCUT2D eigenvalue weighted by Gasteiger charge is -2.18. The average molecular weight is 482 g/mol. The van der Waals surface area contributed by atoms with Crippen LogP contribution in [0.2, 0.25) is 0 Å². The highest BCUT2D eigenvalue weighted by Crippen LogP contribution is 2.34. The molecule has 0 N–H and O–H groups in total. The largest absolute Gasteiger partial charge is 0.493 e. The Hall–Kier alpha value is -4.34. The summed E-state index contributed by atoms with van der Waals surface area (Å²) in [4.78, 5) is 38.2. The van der Waals surface area contributed by atoms with Crippen molar-refractivity contribution < 1.29 is 33.5 Å². The van der Waals surface area contributed by atoms with Gasteiger partial charge in [0.2, 0.25) is 0 Å². The molecule has 184 valence electrons. The Kier molecular flexibility index (Phi) is 7.75. The molecule has 2 aromatic rings. The van der Waals surface area contributed by atoms with Crippen LogP contribution in [0.5, 0.6) is 17.2 Å². The van der Waals surface area contributed by atoms with Crippen LogP contribution in [-0.2, 0) is 20.7 Å². The van der Waals surface area contributed by atoms with E-state index in [1.54, 1.807) is 33.3 Å². The summed E-state index contributed by atoms with van der Waals surface area (Å²) >= 11 is 0. The number of esters is 1. The highest BCUT2D eigenvalue weighted by molar-refractivity contribution is 6.16. The zero-order valence-corrected chi connectivity index (χ0v) is 20.1. The number of nitrogens with zero attached hydrogens (tertiary/aromatic N) is 2. The summed E-state index contributed by atoms with van der Waals surface area (Å²) in [5.41, 5.74) is 1.68. The molecule has 2 aromatic carbocycles. The number of amides is 1. The molecule has 0 spiro atoms. The lowest BCUT2D eigenvalue weighted by Crippen LogP contribution is -2.27. The number of methoxy groups -OCH3 is 4. The molecule has 10 heteroatoms. The number of benzene rings is 2. The van der Waals surface area contributed by atoms with Gasteiger partial charge < -0.3 is 23.8 Å². The summed E-state index contributed by atoms with van der Waals surface area (Å²) in [7, 11) is 5.66. The molecular weight excluding hydrogens is 456 g/mol. The van der Waals surface area contributed by atoms with Crippen molar-refractivity contribution in [2.75, 3.05) is 35.0 Å². The first-order valence-electron chi connectivity index (χ1n) is 10.6. The van der Waals surface area contributed by atoms with E-state index in [2.05, 4.69) is 0 Å². The maximum absolute atomic E-state index is 13.3. The van der Waals surface area contributed by atoms with Crippen molar-refractivity contribution in [2.24, 2.45) is 0 Å². The Labute approximate surface area is 202 Å². The van der Waals surface area contributed by atoms with Crippen LogP contribution in [0.15, 0.2) is 53.2 Å². The van der Waals surface area contributed by atoms with Crippen LogP contribution >= 0.6 is 0 Å². The van der Waals surface area contributed by atoms with Gasteiger partial charge in [-0.25, -0.2) is 4.79 Å². The predicted octanol–water partition coefficient (Wildman–Crippen LogP) is 3.54. The Bertz CT molecular complexity index is 1230. The summed E-state index contributed by atoms with van der Waals surface area (Å²) in [5, 5.41) is 11.4. The molecular formula is C25H26N2O8. The van der Waals surface area contributed by atoms with E-state index in [0.717, 1.165) is 5.56 Å². The minimum atomic E-state index is -0.668. The van der Waals surface area contributed by atoms with Gasteiger partial charge in [-0.2, -0.15) is 0 Å². The fourth-order valence-electron chi connectivity index (χ4n) is 3.88. The third-order valence-corrected chi connectivity index (χ3v) is 5.68. The van der Waals surface area contributed by atoms with E-state index in [0.29, 0.717) is 35.7 Å². The summed E-state index contributed by atoms with van der Waals surface area (Å²) < 4.78 is 20.5. The number of nitro benzene ring substituents is 1.